The molecule has 2 unspecified atom stereocenters. The summed E-state index contributed by atoms with van der Waals surface area (Å²) in [6, 6.07) is 9.81. The summed E-state index contributed by atoms with van der Waals surface area (Å²) < 4.78 is 0. The van der Waals surface area contributed by atoms with E-state index in [2.05, 4.69) is 55.4 Å². The van der Waals surface area contributed by atoms with Crippen molar-refractivity contribution in [2.45, 2.75) is 58.4 Å². The van der Waals surface area contributed by atoms with E-state index in [4.69, 9.17) is 0 Å². The van der Waals surface area contributed by atoms with Crippen molar-refractivity contribution in [2.75, 3.05) is 25.0 Å². The van der Waals surface area contributed by atoms with E-state index in [0.29, 0.717) is 0 Å². The SMILES string of the molecule is CCCNC1CCCC1CCN(C)c1ccc(CC)cc1. The van der Waals surface area contributed by atoms with Crippen LogP contribution in [0.2, 0.25) is 0 Å². The summed E-state index contributed by atoms with van der Waals surface area (Å²) in [6.45, 7) is 6.81. The molecule has 0 saturated heterocycles. The zero-order chi connectivity index (χ0) is 15.1. The Hall–Kier alpha value is -1.02. The van der Waals surface area contributed by atoms with Gasteiger partial charge in [0.1, 0.15) is 0 Å². The van der Waals surface area contributed by atoms with Crippen LogP contribution < -0.4 is 10.2 Å². The molecule has 1 aromatic carbocycles. The van der Waals surface area contributed by atoms with Gasteiger partial charge in [-0.15, -0.1) is 0 Å². The van der Waals surface area contributed by atoms with Crippen LogP contribution in [0.25, 0.3) is 0 Å². The first-order valence-electron chi connectivity index (χ1n) is 8.78. The lowest BCUT2D eigenvalue weighted by atomic mass is 9.99. The molecule has 2 atom stereocenters. The Kier molecular flexibility index (Phi) is 6.56. The van der Waals surface area contributed by atoms with Crippen molar-refractivity contribution in [3.63, 3.8) is 0 Å². The van der Waals surface area contributed by atoms with Crippen LogP contribution >= 0.6 is 0 Å². The van der Waals surface area contributed by atoms with Gasteiger partial charge in [-0.3, -0.25) is 0 Å². The molecular formula is C19H32N2. The summed E-state index contributed by atoms with van der Waals surface area (Å²) in [5.41, 5.74) is 2.77. The molecule has 0 aromatic heterocycles. The molecule has 1 aliphatic carbocycles. The molecule has 1 fully saturated rings. The van der Waals surface area contributed by atoms with Crippen molar-refractivity contribution in [1.82, 2.24) is 5.32 Å². The Bertz CT molecular complexity index is 399. The van der Waals surface area contributed by atoms with Crippen LogP contribution in [0.15, 0.2) is 24.3 Å². The first-order chi connectivity index (χ1) is 10.2. The van der Waals surface area contributed by atoms with Crippen LogP contribution in [0.5, 0.6) is 0 Å². The molecule has 1 aromatic rings. The van der Waals surface area contributed by atoms with E-state index in [1.54, 1.807) is 0 Å². The molecule has 0 bridgehead atoms. The molecule has 1 aliphatic rings. The molecule has 2 nitrogen and oxygen atoms in total. The summed E-state index contributed by atoms with van der Waals surface area (Å²) >= 11 is 0. The van der Waals surface area contributed by atoms with Gasteiger partial charge < -0.3 is 10.2 Å². The van der Waals surface area contributed by atoms with Gasteiger partial charge in [0.25, 0.3) is 0 Å². The molecular weight excluding hydrogens is 256 g/mol. The van der Waals surface area contributed by atoms with E-state index >= 15 is 0 Å². The van der Waals surface area contributed by atoms with Gasteiger partial charge in [0.15, 0.2) is 0 Å². The van der Waals surface area contributed by atoms with Crippen molar-refractivity contribution >= 4 is 5.69 Å². The summed E-state index contributed by atoms with van der Waals surface area (Å²) in [5, 5.41) is 3.74. The molecule has 2 rings (SSSR count). The van der Waals surface area contributed by atoms with Crippen LogP contribution in [0.4, 0.5) is 5.69 Å². The maximum atomic E-state index is 3.74. The highest BCUT2D eigenvalue weighted by Gasteiger charge is 2.26. The summed E-state index contributed by atoms with van der Waals surface area (Å²) in [4.78, 5) is 2.41. The fourth-order valence-electron chi connectivity index (χ4n) is 3.46. The number of hydrogen-bond acceptors (Lipinski definition) is 2. The fourth-order valence-corrected chi connectivity index (χ4v) is 3.46. The highest BCUT2D eigenvalue weighted by molar-refractivity contribution is 5.46. The highest BCUT2D eigenvalue weighted by atomic mass is 15.1. The van der Waals surface area contributed by atoms with Gasteiger partial charge in [-0.1, -0.05) is 32.4 Å². The third-order valence-corrected chi connectivity index (χ3v) is 4.94. The van der Waals surface area contributed by atoms with Crippen molar-refractivity contribution in [1.29, 1.82) is 0 Å². The smallest absolute Gasteiger partial charge is 0.0363 e. The largest absolute Gasteiger partial charge is 0.375 e. The molecule has 21 heavy (non-hydrogen) atoms. The molecule has 118 valence electrons. The second-order valence-electron chi connectivity index (χ2n) is 6.48. The van der Waals surface area contributed by atoms with Crippen LogP contribution in [0.1, 0.15) is 51.5 Å². The van der Waals surface area contributed by atoms with E-state index in [1.165, 1.54) is 56.4 Å². The average Bonchev–Trinajstić information content (AvgIpc) is 2.98. The third-order valence-electron chi connectivity index (χ3n) is 4.94. The monoisotopic (exact) mass is 288 g/mol. The van der Waals surface area contributed by atoms with Gasteiger partial charge >= 0.3 is 0 Å². The first kappa shape index (κ1) is 16.4. The van der Waals surface area contributed by atoms with E-state index in [1.807, 2.05) is 0 Å². The lowest BCUT2D eigenvalue weighted by molar-refractivity contribution is 0.382. The lowest BCUT2D eigenvalue weighted by Gasteiger charge is -2.25. The molecule has 1 saturated carbocycles. The Morgan fingerprint density at radius 2 is 1.90 bits per heavy atom. The number of anilines is 1. The minimum absolute atomic E-state index is 0.765. The zero-order valence-corrected chi connectivity index (χ0v) is 14.1. The quantitative estimate of drug-likeness (QED) is 0.769. The minimum atomic E-state index is 0.765. The number of nitrogens with one attached hydrogen (secondary N) is 1. The van der Waals surface area contributed by atoms with Gasteiger partial charge in [-0.2, -0.15) is 0 Å². The van der Waals surface area contributed by atoms with Crippen LogP contribution in [0, 0.1) is 5.92 Å². The fraction of sp³-hybridized carbons (Fsp3) is 0.684. The van der Waals surface area contributed by atoms with E-state index in [9.17, 15) is 0 Å². The number of aryl methyl sites for hydroxylation is 1. The molecule has 1 N–H and O–H groups in total. The number of benzene rings is 1. The number of nitrogens with zero attached hydrogens (tertiary/aromatic N) is 1. The minimum Gasteiger partial charge on any atom is -0.375 e. The lowest BCUT2D eigenvalue weighted by Crippen LogP contribution is -2.34. The topological polar surface area (TPSA) is 15.3 Å². The molecule has 0 aliphatic heterocycles. The van der Waals surface area contributed by atoms with E-state index in [-0.39, 0.29) is 0 Å². The highest BCUT2D eigenvalue weighted by Crippen LogP contribution is 2.29. The predicted octanol–water partition coefficient (Wildman–Crippen LogP) is 4.24. The molecule has 0 radical (unpaired) electrons. The van der Waals surface area contributed by atoms with Gasteiger partial charge in [0.05, 0.1) is 0 Å². The molecule has 0 spiro atoms. The second kappa shape index (κ2) is 8.43. The summed E-state index contributed by atoms with van der Waals surface area (Å²) in [7, 11) is 2.23. The van der Waals surface area contributed by atoms with Crippen LogP contribution in [-0.4, -0.2) is 26.2 Å². The normalized spacial score (nSPS) is 21.7. The van der Waals surface area contributed by atoms with Crippen molar-refractivity contribution in [2.24, 2.45) is 5.92 Å². The maximum Gasteiger partial charge on any atom is 0.0363 e. The zero-order valence-electron chi connectivity index (χ0n) is 14.1. The number of hydrogen-bond donors (Lipinski definition) is 1. The summed E-state index contributed by atoms with van der Waals surface area (Å²) in [6.07, 6.45) is 7.86. The van der Waals surface area contributed by atoms with Crippen LogP contribution in [0.3, 0.4) is 0 Å². The molecule has 0 amide bonds. The Balaban J connectivity index is 1.80. The van der Waals surface area contributed by atoms with E-state index < -0.39 is 0 Å². The van der Waals surface area contributed by atoms with E-state index in [0.717, 1.165) is 18.4 Å². The first-order valence-corrected chi connectivity index (χ1v) is 8.78. The van der Waals surface area contributed by atoms with Gasteiger partial charge in [-0.25, -0.2) is 0 Å². The third kappa shape index (κ3) is 4.74. The van der Waals surface area contributed by atoms with Crippen molar-refractivity contribution < 1.29 is 0 Å². The number of rotatable bonds is 8. The van der Waals surface area contributed by atoms with Crippen molar-refractivity contribution in [3.05, 3.63) is 29.8 Å². The van der Waals surface area contributed by atoms with Gasteiger partial charge in [-0.05, 0) is 62.3 Å². The summed E-state index contributed by atoms with van der Waals surface area (Å²) in [5.74, 6) is 0.869. The maximum absolute atomic E-state index is 3.74. The standard InChI is InChI=1S/C19H32N2/c1-4-14-20-19-8-6-7-17(19)13-15-21(3)18-11-9-16(5-2)10-12-18/h9-12,17,19-20H,4-8,13-15H2,1-3H3. The molecule has 2 heteroatoms. The predicted molar refractivity (Wildman–Crippen MR) is 93.1 cm³/mol. The van der Waals surface area contributed by atoms with Crippen LogP contribution in [-0.2, 0) is 6.42 Å². The van der Waals surface area contributed by atoms with Gasteiger partial charge in [0.2, 0.25) is 0 Å². The Morgan fingerprint density at radius 3 is 2.57 bits per heavy atom. The second-order valence-corrected chi connectivity index (χ2v) is 6.48. The molecule has 0 heterocycles. The average molecular weight is 288 g/mol. The van der Waals surface area contributed by atoms with Crippen molar-refractivity contribution in [3.8, 4) is 0 Å². The van der Waals surface area contributed by atoms with Gasteiger partial charge in [0, 0.05) is 25.3 Å². The Morgan fingerprint density at radius 1 is 1.14 bits per heavy atom. The Labute approximate surface area is 130 Å².